The zero-order valence-corrected chi connectivity index (χ0v) is 14.1. The summed E-state index contributed by atoms with van der Waals surface area (Å²) in [5, 5.41) is 0. The molecule has 1 aromatic carbocycles. The third kappa shape index (κ3) is 2.80. The van der Waals surface area contributed by atoms with Gasteiger partial charge >= 0.3 is 0 Å². The molecule has 2 aliphatic rings. The Kier molecular flexibility index (Phi) is 4.04. The van der Waals surface area contributed by atoms with E-state index in [1.807, 2.05) is 0 Å². The highest BCUT2D eigenvalue weighted by molar-refractivity contribution is 7.91. The lowest BCUT2D eigenvalue weighted by Gasteiger charge is -2.30. The van der Waals surface area contributed by atoms with Crippen LogP contribution in [0.4, 0.5) is 5.69 Å². The van der Waals surface area contributed by atoms with E-state index in [1.165, 1.54) is 0 Å². The molecule has 0 aromatic heterocycles. The summed E-state index contributed by atoms with van der Waals surface area (Å²) >= 11 is 0. The Balaban J connectivity index is 1.81. The number of hydrogen-bond acceptors (Lipinski definition) is 4. The van der Waals surface area contributed by atoms with Gasteiger partial charge in [0, 0.05) is 25.1 Å². The molecule has 1 saturated heterocycles. The van der Waals surface area contributed by atoms with Gasteiger partial charge in [-0.3, -0.25) is 9.59 Å². The van der Waals surface area contributed by atoms with Gasteiger partial charge in [0.05, 0.1) is 16.1 Å². The standard InChI is InChI=1S/C17H21NO4S/c1-2-23(21,22)15-5-3-13(4-6-15)18-12-11-17(16(18)20)9-7-14(19)8-10-17/h3-6H,2,7-12H2,1H3. The number of carbonyl (C=O) groups is 2. The molecule has 1 aromatic rings. The normalized spacial score (nSPS) is 21.2. The van der Waals surface area contributed by atoms with E-state index in [2.05, 4.69) is 0 Å². The molecular formula is C17H21NO4S. The summed E-state index contributed by atoms with van der Waals surface area (Å²) in [6.07, 6.45) is 3.04. The van der Waals surface area contributed by atoms with Crippen LogP contribution in [0.25, 0.3) is 0 Å². The largest absolute Gasteiger partial charge is 0.312 e. The van der Waals surface area contributed by atoms with Gasteiger partial charge in [0.2, 0.25) is 5.91 Å². The number of anilines is 1. The van der Waals surface area contributed by atoms with Crippen LogP contribution < -0.4 is 4.90 Å². The summed E-state index contributed by atoms with van der Waals surface area (Å²) in [4.78, 5) is 26.3. The smallest absolute Gasteiger partial charge is 0.233 e. The highest BCUT2D eigenvalue weighted by Gasteiger charge is 2.48. The van der Waals surface area contributed by atoms with Crippen LogP contribution in [-0.4, -0.2) is 32.4 Å². The van der Waals surface area contributed by atoms with E-state index in [0.29, 0.717) is 32.2 Å². The maximum Gasteiger partial charge on any atom is 0.233 e. The van der Waals surface area contributed by atoms with Gasteiger partial charge in [-0.05, 0) is 43.5 Å². The van der Waals surface area contributed by atoms with E-state index >= 15 is 0 Å². The summed E-state index contributed by atoms with van der Waals surface area (Å²) in [6, 6.07) is 6.54. The highest BCUT2D eigenvalue weighted by atomic mass is 32.2. The summed E-state index contributed by atoms with van der Waals surface area (Å²) < 4.78 is 23.7. The minimum atomic E-state index is -3.23. The van der Waals surface area contributed by atoms with Crippen LogP contribution in [0.2, 0.25) is 0 Å². The van der Waals surface area contributed by atoms with E-state index in [9.17, 15) is 18.0 Å². The Hall–Kier alpha value is -1.69. The molecule has 0 atom stereocenters. The second-order valence-electron chi connectivity index (χ2n) is 6.42. The first-order valence-electron chi connectivity index (χ1n) is 8.04. The lowest BCUT2D eigenvalue weighted by Crippen LogP contribution is -2.37. The van der Waals surface area contributed by atoms with Crippen molar-refractivity contribution in [3.05, 3.63) is 24.3 Å². The lowest BCUT2D eigenvalue weighted by atomic mass is 9.72. The van der Waals surface area contributed by atoms with Crippen LogP contribution in [0.3, 0.4) is 0 Å². The lowest BCUT2D eigenvalue weighted by molar-refractivity contribution is -0.130. The van der Waals surface area contributed by atoms with Gasteiger partial charge in [0.25, 0.3) is 0 Å². The Morgan fingerprint density at radius 3 is 2.22 bits per heavy atom. The summed E-state index contributed by atoms with van der Waals surface area (Å²) in [5.74, 6) is 0.388. The van der Waals surface area contributed by atoms with Crippen molar-refractivity contribution in [2.75, 3.05) is 17.2 Å². The maximum absolute atomic E-state index is 12.8. The average Bonchev–Trinajstić information content (AvgIpc) is 2.87. The van der Waals surface area contributed by atoms with Crippen molar-refractivity contribution >= 4 is 27.2 Å². The molecule has 0 bridgehead atoms. The van der Waals surface area contributed by atoms with Gasteiger partial charge in [-0.15, -0.1) is 0 Å². The van der Waals surface area contributed by atoms with Crippen molar-refractivity contribution in [2.45, 2.75) is 43.9 Å². The van der Waals surface area contributed by atoms with E-state index in [4.69, 9.17) is 0 Å². The van der Waals surface area contributed by atoms with E-state index in [1.54, 1.807) is 36.1 Å². The molecule has 1 spiro atoms. The van der Waals surface area contributed by atoms with Gasteiger partial charge in [0.1, 0.15) is 5.78 Å². The minimum Gasteiger partial charge on any atom is -0.312 e. The molecule has 3 rings (SSSR count). The molecule has 5 nitrogen and oxygen atoms in total. The molecular weight excluding hydrogens is 314 g/mol. The molecule has 1 aliphatic carbocycles. The predicted molar refractivity (Wildman–Crippen MR) is 87.0 cm³/mol. The topological polar surface area (TPSA) is 71.5 Å². The second-order valence-corrected chi connectivity index (χ2v) is 8.70. The third-order valence-electron chi connectivity index (χ3n) is 5.17. The van der Waals surface area contributed by atoms with E-state index < -0.39 is 9.84 Å². The van der Waals surface area contributed by atoms with Gasteiger partial charge in [0.15, 0.2) is 9.84 Å². The number of Topliss-reactive ketones (excluding diaryl/α,β-unsaturated/α-hetero) is 1. The number of sulfone groups is 1. The molecule has 2 fully saturated rings. The SMILES string of the molecule is CCS(=O)(=O)c1ccc(N2CCC3(CCC(=O)CC3)C2=O)cc1. The van der Waals surface area contributed by atoms with Crippen LogP contribution in [0.1, 0.15) is 39.0 Å². The van der Waals surface area contributed by atoms with Gasteiger partial charge in [-0.2, -0.15) is 0 Å². The average molecular weight is 335 g/mol. The molecule has 0 radical (unpaired) electrons. The van der Waals surface area contributed by atoms with Crippen molar-refractivity contribution in [1.82, 2.24) is 0 Å². The first-order chi connectivity index (χ1) is 10.9. The predicted octanol–water partition coefficient (Wildman–Crippen LogP) is 2.35. The Morgan fingerprint density at radius 1 is 1.04 bits per heavy atom. The first kappa shape index (κ1) is 16.2. The zero-order valence-electron chi connectivity index (χ0n) is 13.2. The van der Waals surface area contributed by atoms with E-state index in [-0.39, 0.29) is 27.8 Å². The zero-order chi connectivity index (χ0) is 16.7. The molecule has 6 heteroatoms. The molecule has 0 N–H and O–H groups in total. The van der Waals surface area contributed by atoms with Crippen molar-refractivity contribution in [3.63, 3.8) is 0 Å². The van der Waals surface area contributed by atoms with Gasteiger partial charge in [-0.1, -0.05) is 6.92 Å². The monoisotopic (exact) mass is 335 g/mol. The summed E-state index contributed by atoms with van der Waals surface area (Å²) in [5.41, 5.74) is 0.348. The van der Waals surface area contributed by atoms with Crippen molar-refractivity contribution in [3.8, 4) is 0 Å². The van der Waals surface area contributed by atoms with Crippen molar-refractivity contribution in [2.24, 2.45) is 5.41 Å². The van der Waals surface area contributed by atoms with Crippen molar-refractivity contribution in [1.29, 1.82) is 0 Å². The van der Waals surface area contributed by atoms with Crippen LogP contribution in [0.15, 0.2) is 29.2 Å². The number of rotatable bonds is 3. The molecule has 23 heavy (non-hydrogen) atoms. The number of hydrogen-bond donors (Lipinski definition) is 0. The maximum atomic E-state index is 12.8. The Bertz CT molecular complexity index is 726. The van der Waals surface area contributed by atoms with Gasteiger partial charge < -0.3 is 4.90 Å². The number of amides is 1. The van der Waals surface area contributed by atoms with Gasteiger partial charge in [-0.25, -0.2) is 8.42 Å². The Labute approximate surface area is 136 Å². The minimum absolute atomic E-state index is 0.0616. The molecule has 0 unspecified atom stereocenters. The third-order valence-corrected chi connectivity index (χ3v) is 6.92. The van der Waals surface area contributed by atoms with Crippen LogP contribution >= 0.6 is 0 Å². The number of benzene rings is 1. The highest BCUT2D eigenvalue weighted by Crippen LogP contribution is 2.45. The van der Waals surface area contributed by atoms with Crippen molar-refractivity contribution < 1.29 is 18.0 Å². The Morgan fingerprint density at radius 2 is 1.65 bits per heavy atom. The first-order valence-corrected chi connectivity index (χ1v) is 9.70. The fraction of sp³-hybridized carbons (Fsp3) is 0.529. The molecule has 1 amide bonds. The molecule has 124 valence electrons. The second kappa shape index (κ2) is 5.74. The summed E-state index contributed by atoms with van der Waals surface area (Å²) in [7, 11) is -3.23. The summed E-state index contributed by atoms with van der Waals surface area (Å²) in [6.45, 7) is 2.24. The van der Waals surface area contributed by atoms with Crippen LogP contribution in [0, 0.1) is 5.41 Å². The quantitative estimate of drug-likeness (QED) is 0.850. The molecule has 1 heterocycles. The number of carbonyl (C=O) groups excluding carboxylic acids is 2. The fourth-order valence-electron chi connectivity index (χ4n) is 3.54. The molecule has 1 aliphatic heterocycles. The number of ketones is 1. The van der Waals surface area contributed by atoms with Crippen LogP contribution in [0.5, 0.6) is 0 Å². The fourth-order valence-corrected chi connectivity index (χ4v) is 4.42. The van der Waals surface area contributed by atoms with E-state index in [0.717, 1.165) is 12.1 Å². The molecule has 1 saturated carbocycles. The van der Waals surface area contributed by atoms with Crippen LogP contribution in [-0.2, 0) is 19.4 Å². The number of nitrogens with zero attached hydrogens (tertiary/aromatic N) is 1.